The van der Waals surface area contributed by atoms with Crippen LogP contribution in [0.1, 0.15) is 5.56 Å². The first-order valence-electron chi connectivity index (χ1n) is 7.06. The number of carbonyl (C=O) groups is 1. The number of hydrogen-bond donors (Lipinski definition) is 1. The molecule has 1 aliphatic rings. The molecule has 128 valence electrons. The zero-order valence-corrected chi connectivity index (χ0v) is 16.8. The van der Waals surface area contributed by atoms with Gasteiger partial charge in [0.2, 0.25) is 0 Å². The SMILES string of the molecule is COc1c(Cl)cc(Cl)cc1/C=C1/NC(=S)N(c2ccc(Br)cc2)C1=O. The van der Waals surface area contributed by atoms with E-state index in [2.05, 4.69) is 21.2 Å². The lowest BCUT2D eigenvalue weighted by molar-refractivity contribution is -0.113. The van der Waals surface area contributed by atoms with Crippen LogP contribution in [0.15, 0.2) is 46.6 Å². The van der Waals surface area contributed by atoms with E-state index in [0.717, 1.165) is 4.47 Å². The van der Waals surface area contributed by atoms with Gasteiger partial charge < -0.3 is 10.1 Å². The zero-order chi connectivity index (χ0) is 18.1. The zero-order valence-electron chi connectivity index (χ0n) is 12.8. The van der Waals surface area contributed by atoms with E-state index >= 15 is 0 Å². The number of thiocarbonyl (C=S) groups is 1. The predicted octanol–water partition coefficient (Wildman–Crippen LogP) is 5.03. The summed E-state index contributed by atoms with van der Waals surface area (Å²) in [5.41, 5.74) is 1.56. The van der Waals surface area contributed by atoms with Crippen LogP contribution in [0, 0.1) is 0 Å². The normalized spacial score (nSPS) is 15.7. The average molecular weight is 458 g/mol. The molecule has 0 aromatic heterocycles. The summed E-state index contributed by atoms with van der Waals surface area (Å²) < 4.78 is 6.22. The molecule has 1 saturated heterocycles. The third-order valence-electron chi connectivity index (χ3n) is 3.50. The van der Waals surface area contributed by atoms with Gasteiger partial charge in [0.05, 0.1) is 17.8 Å². The summed E-state index contributed by atoms with van der Waals surface area (Å²) in [6.45, 7) is 0. The van der Waals surface area contributed by atoms with E-state index in [-0.39, 0.29) is 5.91 Å². The Balaban J connectivity index is 2.00. The van der Waals surface area contributed by atoms with Gasteiger partial charge in [-0.2, -0.15) is 0 Å². The molecule has 1 heterocycles. The number of carbonyl (C=O) groups excluding carboxylic acids is 1. The van der Waals surface area contributed by atoms with Gasteiger partial charge in [-0.15, -0.1) is 0 Å². The maximum atomic E-state index is 12.8. The Labute approximate surface area is 168 Å². The van der Waals surface area contributed by atoms with Crippen LogP contribution in [0.3, 0.4) is 0 Å². The molecule has 2 aromatic rings. The molecular formula is C17H11BrCl2N2O2S. The maximum Gasteiger partial charge on any atom is 0.281 e. The summed E-state index contributed by atoms with van der Waals surface area (Å²) in [5, 5.41) is 4.02. The van der Waals surface area contributed by atoms with Gasteiger partial charge in [0, 0.05) is 15.1 Å². The Morgan fingerprint density at radius 3 is 2.56 bits per heavy atom. The van der Waals surface area contributed by atoms with Crippen molar-refractivity contribution in [1.29, 1.82) is 0 Å². The van der Waals surface area contributed by atoms with Crippen molar-refractivity contribution in [3.63, 3.8) is 0 Å². The molecule has 0 spiro atoms. The number of amides is 1. The van der Waals surface area contributed by atoms with Crippen molar-refractivity contribution in [3.05, 3.63) is 62.2 Å². The summed E-state index contributed by atoms with van der Waals surface area (Å²) in [4.78, 5) is 14.2. The summed E-state index contributed by atoms with van der Waals surface area (Å²) in [5.74, 6) is 0.159. The smallest absolute Gasteiger partial charge is 0.281 e. The minimum absolute atomic E-state index is 0.273. The van der Waals surface area contributed by atoms with E-state index < -0.39 is 0 Å². The highest BCUT2D eigenvalue weighted by atomic mass is 79.9. The topological polar surface area (TPSA) is 41.6 Å². The minimum Gasteiger partial charge on any atom is -0.495 e. The van der Waals surface area contributed by atoms with E-state index in [1.54, 1.807) is 30.3 Å². The first-order valence-corrected chi connectivity index (χ1v) is 9.02. The van der Waals surface area contributed by atoms with E-state index in [9.17, 15) is 4.79 Å². The highest BCUT2D eigenvalue weighted by molar-refractivity contribution is 9.10. The number of ether oxygens (including phenoxy) is 1. The first-order chi connectivity index (χ1) is 11.9. The van der Waals surface area contributed by atoms with Crippen LogP contribution in [0.4, 0.5) is 5.69 Å². The molecule has 3 rings (SSSR count). The first kappa shape index (κ1) is 18.2. The van der Waals surface area contributed by atoms with Gasteiger partial charge in [-0.1, -0.05) is 39.1 Å². The molecule has 0 aliphatic carbocycles. The molecule has 0 unspecified atom stereocenters. The van der Waals surface area contributed by atoms with Crippen molar-refractivity contribution < 1.29 is 9.53 Å². The molecule has 4 nitrogen and oxygen atoms in total. The molecule has 0 atom stereocenters. The standard InChI is InChI=1S/C17H11BrCl2N2O2S/c1-24-15-9(6-11(19)8-13(15)20)7-14-16(23)22(17(25)21-14)12-4-2-10(18)3-5-12/h2-8H,1H3,(H,21,25)/b14-7+. The van der Waals surface area contributed by atoms with Crippen molar-refractivity contribution in [2.75, 3.05) is 12.0 Å². The fourth-order valence-electron chi connectivity index (χ4n) is 2.42. The third kappa shape index (κ3) is 3.67. The number of rotatable bonds is 3. The Morgan fingerprint density at radius 2 is 1.92 bits per heavy atom. The molecule has 2 aromatic carbocycles. The van der Waals surface area contributed by atoms with Gasteiger partial charge >= 0.3 is 0 Å². The van der Waals surface area contributed by atoms with Gasteiger partial charge in [0.25, 0.3) is 5.91 Å². The van der Waals surface area contributed by atoms with Gasteiger partial charge in [-0.05, 0) is 54.7 Å². The summed E-state index contributed by atoms with van der Waals surface area (Å²) in [6, 6.07) is 10.5. The Kier molecular flexibility index (Phi) is 5.34. The van der Waals surface area contributed by atoms with Gasteiger partial charge in [0.1, 0.15) is 11.4 Å². The van der Waals surface area contributed by atoms with Crippen LogP contribution < -0.4 is 15.0 Å². The van der Waals surface area contributed by atoms with E-state index in [1.807, 2.05) is 12.1 Å². The van der Waals surface area contributed by atoms with Crippen molar-refractivity contribution in [2.24, 2.45) is 0 Å². The second-order valence-electron chi connectivity index (χ2n) is 5.12. The van der Waals surface area contributed by atoms with Crippen LogP contribution in [0.5, 0.6) is 5.75 Å². The van der Waals surface area contributed by atoms with E-state index in [4.69, 9.17) is 40.2 Å². The average Bonchev–Trinajstić information content (AvgIpc) is 2.82. The monoisotopic (exact) mass is 456 g/mol. The fraction of sp³-hybridized carbons (Fsp3) is 0.0588. The second kappa shape index (κ2) is 7.33. The molecule has 1 aliphatic heterocycles. The second-order valence-corrected chi connectivity index (χ2v) is 7.26. The molecule has 8 heteroatoms. The van der Waals surface area contributed by atoms with Crippen LogP contribution in [0.2, 0.25) is 10.0 Å². The van der Waals surface area contributed by atoms with Crippen molar-refractivity contribution in [1.82, 2.24) is 5.32 Å². The number of hydrogen-bond acceptors (Lipinski definition) is 3. The van der Waals surface area contributed by atoms with Crippen molar-refractivity contribution in [3.8, 4) is 5.75 Å². The minimum atomic E-state index is -0.273. The molecular weight excluding hydrogens is 447 g/mol. The highest BCUT2D eigenvalue weighted by Gasteiger charge is 2.32. The summed E-state index contributed by atoms with van der Waals surface area (Å²) in [6.07, 6.45) is 1.62. The van der Waals surface area contributed by atoms with Crippen LogP contribution in [-0.4, -0.2) is 18.1 Å². The molecule has 0 radical (unpaired) electrons. The summed E-state index contributed by atoms with van der Waals surface area (Å²) in [7, 11) is 1.50. The molecule has 1 fully saturated rings. The molecule has 1 amide bonds. The van der Waals surface area contributed by atoms with Crippen LogP contribution in [-0.2, 0) is 4.79 Å². The van der Waals surface area contributed by atoms with Gasteiger partial charge in [-0.25, -0.2) is 0 Å². The van der Waals surface area contributed by atoms with Crippen molar-refractivity contribution >= 4 is 74.1 Å². The highest BCUT2D eigenvalue weighted by Crippen LogP contribution is 2.34. The number of methoxy groups -OCH3 is 1. The molecule has 0 saturated carbocycles. The molecule has 25 heavy (non-hydrogen) atoms. The van der Waals surface area contributed by atoms with Gasteiger partial charge in [-0.3, -0.25) is 9.69 Å². The van der Waals surface area contributed by atoms with E-state index in [1.165, 1.54) is 12.0 Å². The lowest BCUT2D eigenvalue weighted by Gasteiger charge is -2.13. The predicted molar refractivity (Wildman–Crippen MR) is 108 cm³/mol. The van der Waals surface area contributed by atoms with Crippen molar-refractivity contribution in [2.45, 2.75) is 0 Å². The van der Waals surface area contributed by atoms with E-state index in [0.29, 0.717) is 37.9 Å². The van der Waals surface area contributed by atoms with Crippen LogP contribution >= 0.6 is 51.3 Å². The number of nitrogens with zero attached hydrogens (tertiary/aromatic N) is 1. The fourth-order valence-corrected chi connectivity index (χ4v) is 3.57. The lowest BCUT2D eigenvalue weighted by Crippen LogP contribution is -2.30. The van der Waals surface area contributed by atoms with Gasteiger partial charge in [0.15, 0.2) is 5.11 Å². The quantitative estimate of drug-likeness (QED) is 0.518. The number of anilines is 1. The Bertz CT molecular complexity index is 900. The Morgan fingerprint density at radius 1 is 1.24 bits per heavy atom. The number of halogens is 3. The third-order valence-corrected chi connectivity index (χ3v) is 4.82. The molecule has 1 N–H and O–H groups in total. The lowest BCUT2D eigenvalue weighted by atomic mass is 10.1. The summed E-state index contributed by atoms with van der Waals surface area (Å²) >= 11 is 20.9. The maximum absolute atomic E-state index is 12.8. The van der Waals surface area contributed by atoms with Crippen LogP contribution in [0.25, 0.3) is 6.08 Å². The largest absolute Gasteiger partial charge is 0.495 e. The Hall–Kier alpha value is -1.60. The molecule has 0 bridgehead atoms. The number of benzene rings is 2. The number of nitrogens with one attached hydrogen (secondary N) is 1.